The lowest BCUT2D eigenvalue weighted by molar-refractivity contribution is -0.148. The van der Waals surface area contributed by atoms with Crippen molar-refractivity contribution < 1.29 is 9.53 Å². The number of benzene rings is 3. The van der Waals surface area contributed by atoms with Gasteiger partial charge in [0.1, 0.15) is 12.6 Å². The SMILES string of the molecule is CC(C)[C@H](NCc1ccc(-c2ccccc2)c(-n2ncnn2)c1)C(=O)OCc1ccccc1. The molecular formula is C26H27N5O2. The van der Waals surface area contributed by atoms with Crippen LogP contribution in [0, 0.1) is 5.92 Å². The Labute approximate surface area is 193 Å². The molecule has 1 aromatic heterocycles. The zero-order valence-corrected chi connectivity index (χ0v) is 18.8. The van der Waals surface area contributed by atoms with Gasteiger partial charge in [0.2, 0.25) is 0 Å². The molecule has 0 saturated carbocycles. The first-order chi connectivity index (χ1) is 16.1. The number of carbonyl (C=O) groups excluding carboxylic acids is 1. The summed E-state index contributed by atoms with van der Waals surface area (Å²) in [4.78, 5) is 14.3. The number of aromatic nitrogens is 4. The molecule has 1 N–H and O–H groups in total. The minimum atomic E-state index is -0.421. The lowest BCUT2D eigenvalue weighted by Crippen LogP contribution is -2.41. The number of hydrogen-bond donors (Lipinski definition) is 1. The minimum Gasteiger partial charge on any atom is -0.460 e. The van der Waals surface area contributed by atoms with Gasteiger partial charge in [-0.3, -0.25) is 4.79 Å². The lowest BCUT2D eigenvalue weighted by atomic mass is 10.0. The molecule has 168 valence electrons. The number of nitrogens with zero attached hydrogens (tertiary/aromatic N) is 4. The van der Waals surface area contributed by atoms with E-state index in [0.29, 0.717) is 6.54 Å². The summed E-state index contributed by atoms with van der Waals surface area (Å²) in [5.74, 6) is -0.179. The van der Waals surface area contributed by atoms with Gasteiger partial charge in [-0.1, -0.05) is 86.6 Å². The summed E-state index contributed by atoms with van der Waals surface area (Å²) in [7, 11) is 0. The average molecular weight is 442 g/mol. The van der Waals surface area contributed by atoms with Gasteiger partial charge in [0.15, 0.2) is 6.33 Å². The van der Waals surface area contributed by atoms with E-state index in [1.807, 2.05) is 92.7 Å². The molecule has 4 rings (SSSR count). The molecular weight excluding hydrogens is 414 g/mol. The smallest absolute Gasteiger partial charge is 0.323 e. The van der Waals surface area contributed by atoms with Crippen LogP contribution in [0.3, 0.4) is 0 Å². The fourth-order valence-electron chi connectivity index (χ4n) is 3.63. The van der Waals surface area contributed by atoms with Gasteiger partial charge in [0.05, 0.1) is 5.69 Å². The van der Waals surface area contributed by atoms with Gasteiger partial charge >= 0.3 is 5.97 Å². The van der Waals surface area contributed by atoms with Gasteiger partial charge in [0, 0.05) is 12.1 Å². The van der Waals surface area contributed by atoms with E-state index in [1.165, 1.54) is 11.1 Å². The van der Waals surface area contributed by atoms with E-state index in [9.17, 15) is 4.79 Å². The fraction of sp³-hybridized carbons (Fsp3) is 0.231. The van der Waals surface area contributed by atoms with Crippen LogP contribution in [0.1, 0.15) is 25.0 Å². The van der Waals surface area contributed by atoms with Crippen LogP contribution in [0.15, 0.2) is 85.2 Å². The van der Waals surface area contributed by atoms with Crippen LogP contribution in [0.4, 0.5) is 0 Å². The molecule has 1 atom stereocenters. The maximum absolute atomic E-state index is 12.8. The molecule has 0 radical (unpaired) electrons. The third kappa shape index (κ3) is 5.70. The van der Waals surface area contributed by atoms with E-state index < -0.39 is 6.04 Å². The Morgan fingerprint density at radius 1 is 0.970 bits per heavy atom. The lowest BCUT2D eigenvalue weighted by Gasteiger charge is -2.21. The molecule has 0 saturated heterocycles. The van der Waals surface area contributed by atoms with Crippen molar-refractivity contribution in [3.63, 3.8) is 0 Å². The Bertz CT molecular complexity index is 1160. The van der Waals surface area contributed by atoms with Gasteiger partial charge in [-0.15, -0.1) is 15.0 Å². The highest BCUT2D eigenvalue weighted by Gasteiger charge is 2.23. The van der Waals surface area contributed by atoms with Gasteiger partial charge < -0.3 is 10.1 Å². The standard InChI is InChI=1S/C26H27N5O2/c1-19(2)25(26(32)33-17-20-9-5-3-6-10-20)27-16-21-13-14-23(22-11-7-4-8-12-22)24(15-21)31-29-18-28-30-31/h3-15,18-19,25,27H,16-17H2,1-2H3/t25-/m0/s1. The fourth-order valence-corrected chi connectivity index (χ4v) is 3.63. The van der Waals surface area contributed by atoms with Crippen molar-refractivity contribution in [3.05, 3.63) is 96.3 Å². The van der Waals surface area contributed by atoms with Gasteiger partial charge in [0.25, 0.3) is 0 Å². The van der Waals surface area contributed by atoms with Crippen LogP contribution in [-0.4, -0.2) is 32.2 Å². The number of rotatable bonds is 9. The van der Waals surface area contributed by atoms with Gasteiger partial charge in [-0.25, -0.2) is 0 Å². The van der Waals surface area contributed by atoms with Crippen LogP contribution in [0.2, 0.25) is 0 Å². The highest BCUT2D eigenvalue weighted by atomic mass is 16.5. The number of hydrogen-bond acceptors (Lipinski definition) is 6. The summed E-state index contributed by atoms with van der Waals surface area (Å²) in [6.45, 7) is 4.77. The molecule has 0 unspecified atom stereocenters. The summed E-state index contributed by atoms with van der Waals surface area (Å²) in [6, 6.07) is 25.5. The average Bonchev–Trinajstić information content (AvgIpc) is 3.39. The van der Waals surface area contributed by atoms with Crippen LogP contribution < -0.4 is 5.32 Å². The maximum Gasteiger partial charge on any atom is 0.323 e. The number of esters is 1. The highest BCUT2D eigenvalue weighted by molar-refractivity contribution is 5.76. The molecule has 1 heterocycles. The Hall–Kier alpha value is -3.84. The first-order valence-corrected chi connectivity index (χ1v) is 11.0. The molecule has 0 spiro atoms. The Balaban J connectivity index is 1.49. The van der Waals surface area contributed by atoms with Gasteiger partial charge in [-0.05, 0) is 33.9 Å². The Morgan fingerprint density at radius 3 is 2.36 bits per heavy atom. The van der Waals surface area contributed by atoms with Crippen molar-refractivity contribution in [2.75, 3.05) is 0 Å². The highest BCUT2D eigenvalue weighted by Crippen LogP contribution is 2.27. The zero-order valence-electron chi connectivity index (χ0n) is 18.8. The van der Waals surface area contributed by atoms with Crippen molar-refractivity contribution in [1.82, 2.24) is 25.5 Å². The normalized spacial score (nSPS) is 12.0. The topological polar surface area (TPSA) is 81.9 Å². The number of ether oxygens (including phenoxy) is 1. The molecule has 7 heteroatoms. The number of nitrogens with one attached hydrogen (secondary N) is 1. The maximum atomic E-state index is 12.8. The minimum absolute atomic E-state index is 0.0771. The molecule has 0 bridgehead atoms. The van der Waals surface area contributed by atoms with E-state index in [0.717, 1.165) is 27.9 Å². The summed E-state index contributed by atoms with van der Waals surface area (Å²) < 4.78 is 5.57. The first-order valence-electron chi connectivity index (χ1n) is 11.0. The van der Waals surface area contributed by atoms with Crippen molar-refractivity contribution in [3.8, 4) is 16.8 Å². The zero-order chi connectivity index (χ0) is 23.0. The van der Waals surface area contributed by atoms with Crippen molar-refractivity contribution >= 4 is 5.97 Å². The van der Waals surface area contributed by atoms with E-state index in [-0.39, 0.29) is 18.5 Å². The first kappa shape index (κ1) is 22.4. The molecule has 7 nitrogen and oxygen atoms in total. The summed E-state index contributed by atoms with van der Waals surface area (Å²) >= 11 is 0. The van der Waals surface area contributed by atoms with Gasteiger partial charge in [-0.2, -0.15) is 0 Å². The molecule has 0 fully saturated rings. The third-order valence-corrected chi connectivity index (χ3v) is 5.38. The van der Waals surface area contributed by atoms with E-state index >= 15 is 0 Å². The summed E-state index contributed by atoms with van der Waals surface area (Å²) in [5, 5.41) is 15.5. The van der Waals surface area contributed by atoms with Crippen molar-refractivity contribution in [2.24, 2.45) is 5.92 Å². The molecule has 0 amide bonds. The van der Waals surface area contributed by atoms with Crippen LogP contribution in [0.5, 0.6) is 0 Å². The molecule has 0 aliphatic carbocycles. The molecule has 3 aromatic carbocycles. The van der Waals surface area contributed by atoms with E-state index in [2.05, 4.69) is 20.7 Å². The quantitative estimate of drug-likeness (QED) is 0.392. The third-order valence-electron chi connectivity index (χ3n) is 5.38. The number of tetrazole rings is 1. The monoisotopic (exact) mass is 441 g/mol. The molecule has 0 aliphatic heterocycles. The second-order valence-corrected chi connectivity index (χ2v) is 8.14. The predicted octanol–water partition coefficient (Wildman–Crippen LogP) is 4.19. The number of carbonyl (C=O) groups is 1. The van der Waals surface area contributed by atoms with Crippen LogP contribution in [-0.2, 0) is 22.7 Å². The van der Waals surface area contributed by atoms with E-state index in [4.69, 9.17) is 4.74 Å². The Kier molecular flexibility index (Phi) is 7.22. The molecule has 33 heavy (non-hydrogen) atoms. The molecule has 0 aliphatic rings. The predicted molar refractivity (Wildman–Crippen MR) is 126 cm³/mol. The summed E-state index contributed by atoms with van der Waals surface area (Å²) in [6.07, 6.45) is 1.41. The van der Waals surface area contributed by atoms with Crippen molar-refractivity contribution in [1.29, 1.82) is 0 Å². The Morgan fingerprint density at radius 2 is 1.70 bits per heavy atom. The van der Waals surface area contributed by atoms with Crippen molar-refractivity contribution in [2.45, 2.75) is 33.0 Å². The molecule has 4 aromatic rings. The van der Waals surface area contributed by atoms with Crippen LogP contribution >= 0.6 is 0 Å². The summed E-state index contributed by atoms with van der Waals surface area (Å²) in [5.41, 5.74) is 4.86. The second-order valence-electron chi connectivity index (χ2n) is 8.14. The van der Waals surface area contributed by atoms with Crippen LogP contribution in [0.25, 0.3) is 16.8 Å². The van der Waals surface area contributed by atoms with E-state index in [1.54, 1.807) is 0 Å². The largest absolute Gasteiger partial charge is 0.460 e. The second kappa shape index (κ2) is 10.7.